The zero-order chi connectivity index (χ0) is 12.1. The predicted molar refractivity (Wildman–Crippen MR) is 74.3 cm³/mol. The first-order valence-electron chi connectivity index (χ1n) is 6.61. The Bertz CT molecular complexity index is 335. The highest BCUT2D eigenvalue weighted by Crippen LogP contribution is 2.21. The van der Waals surface area contributed by atoms with Crippen LogP contribution >= 0.6 is 15.9 Å². The third-order valence-corrected chi connectivity index (χ3v) is 4.00. The maximum absolute atomic E-state index is 4.34. The zero-order valence-corrected chi connectivity index (χ0v) is 12.2. The van der Waals surface area contributed by atoms with Gasteiger partial charge >= 0.3 is 0 Å². The van der Waals surface area contributed by atoms with Gasteiger partial charge in [0.25, 0.3) is 0 Å². The number of rotatable bonds is 5. The summed E-state index contributed by atoms with van der Waals surface area (Å²) in [6, 6.07) is 0. The van der Waals surface area contributed by atoms with Crippen molar-refractivity contribution in [1.82, 2.24) is 14.7 Å². The van der Waals surface area contributed by atoms with E-state index in [1.165, 1.54) is 37.9 Å². The predicted octanol–water partition coefficient (Wildman–Crippen LogP) is 2.90. The maximum atomic E-state index is 4.34. The summed E-state index contributed by atoms with van der Waals surface area (Å²) in [5.41, 5.74) is 1.35. The van der Waals surface area contributed by atoms with E-state index in [-0.39, 0.29) is 0 Å². The first kappa shape index (κ1) is 13.1. The molecule has 1 unspecified atom stereocenters. The second-order valence-corrected chi connectivity index (χ2v) is 5.72. The fraction of sp³-hybridized carbons (Fsp3) is 0.769. The molecular weight excluding hydrogens is 278 g/mol. The van der Waals surface area contributed by atoms with Crippen molar-refractivity contribution in [2.45, 2.75) is 39.3 Å². The summed E-state index contributed by atoms with van der Waals surface area (Å²) in [5.74, 6) is 0.879. The third-order valence-electron chi connectivity index (χ3n) is 3.54. The summed E-state index contributed by atoms with van der Waals surface area (Å²) >= 11 is 3.55. The van der Waals surface area contributed by atoms with Gasteiger partial charge in [-0.2, -0.15) is 5.10 Å². The van der Waals surface area contributed by atoms with Gasteiger partial charge < -0.3 is 0 Å². The monoisotopic (exact) mass is 299 g/mol. The van der Waals surface area contributed by atoms with Crippen LogP contribution in [0.4, 0.5) is 0 Å². The van der Waals surface area contributed by atoms with Gasteiger partial charge in [0.2, 0.25) is 0 Å². The molecule has 0 bridgehead atoms. The second-order valence-electron chi connectivity index (χ2n) is 4.93. The minimum atomic E-state index is 0.879. The Labute approximate surface area is 112 Å². The smallest absolute Gasteiger partial charge is 0.0534 e. The van der Waals surface area contributed by atoms with Crippen LogP contribution in [0, 0.1) is 5.92 Å². The highest BCUT2D eigenvalue weighted by molar-refractivity contribution is 9.09. The van der Waals surface area contributed by atoms with E-state index in [9.17, 15) is 0 Å². The van der Waals surface area contributed by atoms with Crippen molar-refractivity contribution < 1.29 is 0 Å². The van der Waals surface area contributed by atoms with Gasteiger partial charge in [0.1, 0.15) is 0 Å². The summed E-state index contributed by atoms with van der Waals surface area (Å²) in [4.78, 5) is 2.58. The van der Waals surface area contributed by atoms with Crippen LogP contribution in [-0.2, 0) is 13.1 Å². The molecule has 96 valence electrons. The van der Waals surface area contributed by atoms with E-state index in [1.54, 1.807) is 0 Å². The topological polar surface area (TPSA) is 21.1 Å². The number of aromatic nitrogens is 2. The molecule has 0 amide bonds. The Morgan fingerprint density at radius 1 is 1.53 bits per heavy atom. The van der Waals surface area contributed by atoms with Gasteiger partial charge in [-0.15, -0.1) is 0 Å². The van der Waals surface area contributed by atoms with Crippen molar-refractivity contribution in [3.63, 3.8) is 0 Å². The Kier molecular flexibility index (Phi) is 5.04. The van der Waals surface area contributed by atoms with Crippen molar-refractivity contribution in [2.75, 3.05) is 18.4 Å². The molecule has 2 rings (SSSR count). The third kappa shape index (κ3) is 3.81. The summed E-state index contributed by atoms with van der Waals surface area (Å²) in [7, 11) is 0. The van der Waals surface area contributed by atoms with Crippen LogP contribution in [0.3, 0.4) is 0 Å². The van der Waals surface area contributed by atoms with E-state index in [0.717, 1.165) is 24.3 Å². The van der Waals surface area contributed by atoms with Crippen LogP contribution in [0.25, 0.3) is 0 Å². The second kappa shape index (κ2) is 6.55. The normalized spacial score (nSPS) is 21.9. The van der Waals surface area contributed by atoms with Crippen molar-refractivity contribution in [3.8, 4) is 0 Å². The molecule has 17 heavy (non-hydrogen) atoms. The lowest BCUT2D eigenvalue weighted by molar-refractivity contribution is 0.165. The quantitative estimate of drug-likeness (QED) is 0.780. The molecule has 0 N–H and O–H groups in total. The van der Waals surface area contributed by atoms with Crippen molar-refractivity contribution >= 4 is 15.9 Å². The van der Waals surface area contributed by atoms with Crippen molar-refractivity contribution in [2.24, 2.45) is 5.92 Å². The maximum Gasteiger partial charge on any atom is 0.0534 e. The lowest BCUT2D eigenvalue weighted by atomic mass is 9.95. The molecule has 3 nitrogen and oxygen atoms in total. The van der Waals surface area contributed by atoms with E-state index >= 15 is 0 Å². The van der Waals surface area contributed by atoms with Gasteiger partial charge in [-0.1, -0.05) is 15.9 Å². The Hall–Kier alpha value is -0.350. The molecule has 4 heteroatoms. The highest BCUT2D eigenvalue weighted by Gasteiger charge is 2.19. The van der Waals surface area contributed by atoms with Crippen LogP contribution in [-0.4, -0.2) is 33.1 Å². The summed E-state index contributed by atoms with van der Waals surface area (Å²) in [6.45, 7) is 6.66. The molecule has 0 aliphatic carbocycles. The molecule has 0 spiro atoms. The number of hydrogen-bond acceptors (Lipinski definition) is 2. The molecule has 1 atom stereocenters. The number of piperidine rings is 1. The van der Waals surface area contributed by atoms with E-state index in [2.05, 4.69) is 39.0 Å². The van der Waals surface area contributed by atoms with Crippen LogP contribution in [0.5, 0.6) is 0 Å². The molecule has 0 radical (unpaired) electrons. The van der Waals surface area contributed by atoms with E-state index < -0.39 is 0 Å². The molecule has 1 saturated heterocycles. The average molecular weight is 300 g/mol. The van der Waals surface area contributed by atoms with Gasteiger partial charge in [-0.05, 0) is 38.6 Å². The van der Waals surface area contributed by atoms with Crippen LogP contribution < -0.4 is 0 Å². The molecule has 1 aliphatic rings. The summed E-state index contributed by atoms with van der Waals surface area (Å²) < 4.78 is 2.01. The molecule has 1 fully saturated rings. The first-order chi connectivity index (χ1) is 8.31. The number of likely N-dealkylation sites (tertiary alicyclic amines) is 1. The minimum Gasteiger partial charge on any atom is -0.299 e. The number of halogens is 1. The molecule has 1 aliphatic heterocycles. The number of aryl methyl sites for hydroxylation is 1. The standard InChI is InChI=1S/C13H22BrN3/c1-2-17-11-13(8-15-17)10-16-7-3-4-12(9-16)5-6-14/h8,11-12H,2-7,9-10H2,1H3. The van der Waals surface area contributed by atoms with Crippen LogP contribution in [0.1, 0.15) is 31.7 Å². The van der Waals surface area contributed by atoms with E-state index in [0.29, 0.717) is 0 Å². The van der Waals surface area contributed by atoms with Gasteiger partial charge in [-0.3, -0.25) is 9.58 Å². The van der Waals surface area contributed by atoms with Gasteiger partial charge in [0.05, 0.1) is 6.20 Å². The fourth-order valence-corrected chi connectivity index (χ4v) is 3.25. The minimum absolute atomic E-state index is 0.879. The number of alkyl halides is 1. The lowest BCUT2D eigenvalue weighted by Gasteiger charge is -2.32. The number of hydrogen-bond donors (Lipinski definition) is 0. The van der Waals surface area contributed by atoms with Gasteiger partial charge in [-0.25, -0.2) is 0 Å². The Morgan fingerprint density at radius 3 is 3.12 bits per heavy atom. The van der Waals surface area contributed by atoms with E-state index in [4.69, 9.17) is 0 Å². The lowest BCUT2D eigenvalue weighted by Crippen LogP contribution is -2.34. The Balaban J connectivity index is 1.85. The van der Waals surface area contributed by atoms with Gasteiger partial charge in [0.15, 0.2) is 0 Å². The van der Waals surface area contributed by atoms with Crippen molar-refractivity contribution in [3.05, 3.63) is 18.0 Å². The molecule has 2 heterocycles. The van der Waals surface area contributed by atoms with Crippen LogP contribution in [0.15, 0.2) is 12.4 Å². The van der Waals surface area contributed by atoms with Gasteiger partial charge in [0, 0.05) is 36.7 Å². The zero-order valence-electron chi connectivity index (χ0n) is 10.6. The fourth-order valence-electron chi connectivity index (χ4n) is 2.60. The van der Waals surface area contributed by atoms with Crippen molar-refractivity contribution in [1.29, 1.82) is 0 Å². The Morgan fingerprint density at radius 2 is 2.41 bits per heavy atom. The molecule has 1 aromatic heterocycles. The number of nitrogens with zero attached hydrogens (tertiary/aromatic N) is 3. The summed E-state index contributed by atoms with van der Waals surface area (Å²) in [6.07, 6.45) is 8.24. The highest BCUT2D eigenvalue weighted by atomic mass is 79.9. The molecular formula is C13H22BrN3. The first-order valence-corrected chi connectivity index (χ1v) is 7.73. The average Bonchev–Trinajstić information content (AvgIpc) is 2.78. The molecule has 0 aromatic carbocycles. The molecule has 1 aromatic rings. The van der Waals surface area contributed by atoms with E-state index in [1.807, 2.05) is 10.9 Å². The SMILES string of the molecule is CCn1cc(CN2CCCC(CCBr)C2)cn1. The molecule has 0 saturated carbocycles. The summed E-state index contributed by atoms with van der Waals surface area (Å²) in [5, 5.41) is 5.48. The van der Waals surface area contributed by atoms with Crippen LogP contribution in [0.2, 0.25) is 0 Å². The largest absolute Gasteiger partial charge is 0.299 e.